The summed E-state index contributed by atoms with van der Waals surface area (Å²) in [5, 5.41) is 0.975. The van der Waals surface area contributed by atoms with Crippen LogP contribution in [-0.4, -0.2) is 70.8 Å². The summed E-state index contributed by atoms with van der Waals surface area (Å²) >= 11 is 12.2. The first kappa shape index (κ1) is 21.0. The van der Waals surface area contributed by atoms with Crippen molar-refractivity contribution in [3.05, 3.63) is 33.8 Å². The first-order chi connectivity index (χ1) is 14.0. The van der Waals surface area contributed by atoms with Crippen LogP contribution in [0.4, 0.5) is 0 Å². The lowest BCUT2D eigenvalue weighted by molar-refractivity contribution is -0.151. The minimum atomic E-state index is 0.0785. The van der Waals surface area contributed by atoms with Crippen LogP contribution in [0, 0.1) is 0 Å². The lowest BCUT2D eigenvalue weighted by Gasteiger charge is -2.54. The highest BCUT2D eigenvalue weighted by atomic mass is 35.5. The number of hydrogen-bond acceptors (Lipinski definition) is 3. The second-order valence-electron chi connectivity index (χ2n) is 8.52. The zero-order chi connectivity index (χ0) is 20.5. The number of likely N-dealkylation sites (tertiary alicyclic amines) is 1. The first-order valence-electron chi connectivity index (χ1n) is 10.7. The fourth-order valence-corrected chi connectivity index (χ4v) is 5.82. The molecule has 2 amide bonds. The van der Waals surface area contributed by atoms with Crippen molar-refractivity contribution in [2.24, 2.45) is 0 Å². The number of benzene rings is 1. The summed E-state index contributed by atoms with van der Waals surface area (Å²) in [6, 6.07) is 5.94. The van der Waals surface area contributed by atoms with E-state index in [0.29, 0.717) is 35.6 Å². The number of rotatable bonds is 3. The maximum atomic E-state index is 13.4. The number of nitrogens with zero attached hydrogens (tertiary/aromatic N) is 3. The molecule has 0 unspecified atom stereocenters. The second kappa shape index (κ2) is 8.83. The van der Waals surface area contributed by atoms with Crippen molar-refractivity contribution in [1.29, 1.82) is 0 Å². The SMILES string of the molecule is CC(=O)N1CCN(C(=O)Cc2ccc(Cl)c(Cl)c2)[C@H]2[C@H](N3CCCC3)CCC[C@H]21. The molecule has 5 nitrogen and oxygen atoms in total. The minimum Gasteiger partial charge on any atom is -0.336 e. The average Bonchev–Trinajstić information content (AvgIpc) is 3.24. The van der Waals surface area contributed by atoms with E-state index >= 15 is 0 Å². The molecule has 158 valence electrons. The van der Waals surface area contributed by atoms with Gasteiger partial charge < -0.3 is 9.80 Å². The summed E-state index contributed by atoms with van der Waals surface area (Å²) in [7, 11) is 0. The highest BCUT2D eigenvalue weighted by Crippen LogP contribution is 2.35. The fraction of sp³-hybridized carbons (Fsp3) is 0.636. The third kappa shape index (κ3) is 4.28. The van der Waals surface area contributed by atoms with Gasteiger partial charge in [0, 0.05) is 26.1 Å². The summed E-state index contributed by atoms with van der Waals surface area (Å²) < 4.78 is 0. The number of halogens is 2. The normalized spacial score (nSPS) is 27.8. The summed E-state index contributed by atoms with van der Waals surface area (Å²) in [4.78, 5) is 32.3. The molecule has 1 aromatic carbocycles. The van der Waals surface area contributed by atoms with E-state index in [1.165, 1.54) is 12.8 Å². The zero-order valence-electron chi connectivity index (χ0n) is 16.9. The number of hydrogen-bond donors (Lipinski definition) is 0. The molecule has 4 rings (SSSR count). The Morgan fingerprint density at radius 1 is 0.931 bits per heavy atom. The molecule has 0 bridgehead atoms. The Morgan fingerprint density at radius 2 is 1.62 bits per heavy atom. The van der Waals surface area contributed by atoms with Crippen LogP contribution in [0.2, 0.25) is 10.0 Å². The third-order valence-corrected chi connectivity index (χ3v) is 7.54. The topological polar surface area (TPSA) is 43.9 Å². The van der Waals surface area contributed by atoms with Gasteiger partial charge >= 0.3 is 0 Å². The van der Waals surface area contributed by atoms with E-state index in [9.17, 15) is 9.59 Å². The Labute approximate surface area is 182 Å². The van der Waals surface area contributed by atoms with Gasteiger partial charge in [0.15, 0.2) is 0 Å². The largest absolute Gasteiger partial charge is 0.336 e. The lowest BCUT2D eigenvalue weighted by Crippen LogP contribution is -2.69. The molecule has 29 heavy (non-hydrogen) atoms. The smallest absolute Gasteiger partial charge is 0.227 e. The highest BCUT2D eigenvalue weighted by Gasteiger charge is 2.47. The van der Waals surface area contributed by atoms with Gasteiger partial charge in [0.1, 0.15) is 0 Å². The van der Waals surface area contributed by atoms with Gasteiger partial charge in [0.05, 0.1) is 28.5 Å². The number of carbonyl (C=O) groups excluding carboxylic acids is 2. The molecule has 0 N–H and O–H groups in total. The van der Waals surface area contributed by atoms with Crippen LogP contribution < -0.4 is 0 Å². The average molecular weight is 438 g/mol. The molecule has 7 heteroatoms. The molecule has 1 saturated carbocycles. The van der Waals surface area contributed by atoms with Crippen molar-refractivity contribution in [2.45, 2.75) is 63.6 Å². The van der Waals surface area contributed by atoms with Gasteiger partial charge in [-0.25, -0.2) is 0 Å². The molecule has 2 heterocycles. The predicted octanol–water partition coefficient (Wildman–Crippen LogP) is 3.61. The molecule has 3 aliphatic rings. The van der Waals surface area contributed by atoms with E-state index in [2.05, 4.69) is 9.80 Å². The third-order valence-electron chi connectivity index (χ3n) is 6.80. The quantitative estimate of drug-likeness (QED) is 0.724. The number of carbonyl (C=O) groups is 2. The Hall–Kier alpha value is -1.30. The standard InChI is InChI=1S/C22H29Cl2N3O2/c1-15(28)26-11-12-27(21(29)14-16-7-8-17(23)18(24)13-16)22-19(5-4-6-20(22)26)25-9-2-3-10-25/h7-8,13,19-20,22H,2-6,9-12,14H2,1H3/t19-,20-,22+/m1/s1. The van der Waals surface area contributed by atoms with Crippen LogP contribution in [0.5, 0.6) is 0 Å². The number of fused-ring (bicyclic) bond motifs is 1. The second-order valence-corrected chi connectivity index (χ2v) is 9.34. The first-order valence-corrected chi connectivity index (χ1v) is 11.5. The van der Waals surface area contributed by atoms with Gasteiger partial charge in [-0.2, -0.15) is 0 Å². The predicted molar refractivity (Wildman–Crippen MR) is 115 cm³/mol. The monoisotopic (exact) mass is 437 g/mol. The maximum Gasteiger partial charge on any atom is 0.227 e. The highest BCUT2D eigenvalue weighted by molar-refractivity contribution is 6.42. The Morgan fingerprint density at radius 3 is 2.31 bits per heavy atom. The summed E-state index contributed by atoms with van der Waals surface area (Å²) in [6.45, 7) is 5.08. The molecule has 1 aromatic rings. The minimum absolute atomic E-state index is 0.0785. The van der Waals surface area contributed by atoms with E-state index < -0.39 is 0 Å². The van der Waals surface area contributed by atoms with E-state index in [0.717, 1.165) is 37.9 Å². The van der Waals surface area contributed by atoms with Gasteiger partial charge in [-0.3, -0.25) is 14.5 Å². The molecule has 3 fully saturated rings. The van der Waals surface area contributed by atoms with E-state index in [4.69, 9.17) is 23.2 Å². The Balaban J connectivity index is 1.59. The van der Waals surface area contributed by atoms with Crippen molar-refractivity contribution >= 4 is 35.0 Å². The van der Waals surface area contributed by atoms with Crippen LogP contribution in [0.1, 0.15) is 44.6 Å². The summed E-state index contributed by atoms with van der Waals surface area (Å²) in [5.41, 5.74) is 0.878. The number of amides is 2. The van der Waals surface area contributed by atoms with E-state index in [-0.39, 0.29) is 23.9 Å². The van der Waals surface area contributed by atoms with Gasteiger partial charge in [0.25, 0.3) is 0 Å². The molecule has 2 aliphatic heterocycles. The van der Waals surface area contributed by atoms with Crippen LogP contribution in [0.3, 0.4) is 0 Å². The van der Waals surface area contributed by atoms with Gasteiger partial charge in [-0.15, -0.1) is 0 Å². The lowest BCUT2D eigenvalue weighted by atomic mass is 9.81. The van der Waals surface area contributed by atoms with E-state index in [1.807, 2.05) is 11.0 Å². The van der Waals surface area contributed by atoms with Crippen molar-refractivity contribution in [3.8, 4) is 0 Å². The van der Waals surface area contributed by atoms with Gasteiger partial charge in [0.2, 0.25) is 11.8 Å². The molecule has 0 radical (unpaired) electrons. The Bertz CT molecular complexity index is 781. The van der Waals surface area contributed by atoms with Crippen LogP contribution in [-0.2, 0) is 16.0 Å². The van der Waals surface area contributed by atoms with Crippen molar-refractivity contribution in [1.82, 2.24) is 14.7 Å². The van der Waals surface area contributed by atoms with Crippen LogP contribution >= 0.6 is 23.2 Å². The molecule has 0 aromatic heterocycles. The van der Waals surface area contributed by atoms with E-state index in [1.54, 1.807) is 19.1 Å². The van der Waals surface area contributed by atoms with Gasteiger partial charge in [-0.05, 0) is 62.9 Å². The molecular formula is C22H29Cl2N3O2. The molecule has 0 spiro atoms. The van der Waals surface area contributed by atoms with Crippen molar-refractivity contribution in [2.75, 3.05) is 26.2 Å². The van der Waals surface area contributed by atoms with Crippen LogP contribution in [0.15, 0.2) is 18.2 Å². The summed E-state index contributed by atoms with van der Waals surface area (Å²) in [6.07, 6.45) is 5.95. The van der Waals surface area contributed by atoms with Crippen molar-refractivity contribution < 1.29 is 9.59 Å². The molecule has 3 atom stereocenters. The number of piperazine rings is 1. The molecular weight excluding hydrogens is 409 g/mol. The van der Waals surface area contributed by atoms with Crippen molar-refractivity contribution in [3.63, 3.8) is 0 Å². The molecule has 2 saturated heterocycles. The fourth-order valence-electron chi connectivity index (χ4n) is 5.50. The Kier molecular flexibility index (Phi) is 6.38. The van der Waals surface area contributed by atoms with Crippen LogP contribution in [0.25, 0.3) is 0 Å². The zero-order valence-corrected chi connectivity index (χ0v) is 18.5. The molecule has 1 aliphatic carbocycles. The summed E-state index contributed by atoms with van der Waals surface area (Å²) in [5.74, 6) is 0.242. The van der Waals surface area contributed by atoms with Gasteiger partial charge in [-0.1, -0.05) is 29.3 Å². The maximum absolute atomic E-state index is 13.4.